The smallest absolute Gasteiger partial charge is 0.143 e. The molecule has 0 heterocycles. The van der Waals surface area contributed by atoms with Crippen LogP contribution in [0.3, 0.4) is 0 Å². The Balaban J connectivity index is 2.55. The van der Waals surface area contributed by atoms with Gasteiger partial charge < -0.3 is 4.74 Å². The van der Waals surface area contributed by atoms with E-state index in [4.69, 9.17) is 11.2 Å². The van der Waals surface area contributed by atoms with Gasteiger partial charge in [-0.25, -0.2) is 0 Å². The van der Waals surface area contributed by atoms with E-state index in [1.165, 1.54) is 0 Å². The molecule has 1 nitrogen and oxygen atoms in total. The van der Waals surface area contributed by atoms with Crippen LogP contribution in [0.4, 0.5) is 0 Å². The number of ether oxygens (including phenoxy) is 1. The van der Waals surface area contributed by atoms with Crippen molar-refractivity contribution in [2.75, 3.05) is 6.61 Å². The van der Waals surface area contributed by atoms with E-state index in [1.54, 1.807) is 0 Å². The maximum Gasteiger partial charge on any atom is 0.143 e. The van der Waals surface area contributed by atoms with Crippen LogP contribution in [0.5, 0.6) is 0 Å². The minimum atomic E-state index is -0.240. The third-order valence-electron chi connectivity index (χ3n) is 1.86. The van der Waals surface area contributed by atoms with E-state index in [-0.39, 0.29) is 6.10 Å². The third-order valence-corrected chi connectivity index (χ3v) is 1.86. The SMILES string of the molecule is C#CC(OCCC=C)c1ccccc1. The minimum Gasteiger partial charge on any atom is -0.361 e. The van der Waals surface area contributed by atoms with E-state index in [1.807, 2.05) is 36.4 Å². The number of benzene rings is 1. The Morgan fingerprint density at radius 2 is 2.14 bits per heavy atom. The van der Waals surface area contributed by atoms with Crippen LogP contribution in [0, 0.1) is 12.3 Å². The molecule has 0 N–H and O–H groups in total. The molecule has 1 heteroatoms. The summed E-state index contributed by atoms with van der Waals surface area (Å²) >= 11 is 0. The van der Waals surface area contributed by atoms with Crippen LogP contribution in [0.25, 0.3) is 0 Å². The fraction of sp³-hybridized carbons (Fsp3) is 0.231. The summed E-state index contributed by atoms with van der Waals surface area (Å²) in [6.45, 7) is 4.24. The zero-order valence-electron chi connectivity index (χ0n) is 8.15. The van der Waals surface area contributed by atoms with Gasteiger partial charge in [0.15, 0.2) is 0 Å². The molecule has 1 unspecified atom stereocenters. The topological polar surface area (TPSA) is 9.23 Å². The van der Waals surface area contributed by atoms with Crippen molar-refractivity contribution in [3.05, 3.63) is 48.6 Å². The quantitative estimate of drug-likeness (QED) is 0.390. The van der Waals surface area contributed by atoms with Gasteiger partial charge >= 0.3 is 0 Å². The molecule has 0 spiro atoms. The highest BCUT2D eigenvalue weighted by Crippen LogP contribution is 2.15. The van der Waals surface area contributed by atoms with Crippen molar-refractivity contribution in [3.63, 3.8) is 0 Å². The standard InChI is InChI=1S/C13H14O/c1-3-5-11-14-13(4-2)12-9-7-6-8-10-12/h2-3,6-10,13H,1,5,11H2. The Kier molecular flexibility index (Phi) is 4.54. The van der Waals surface area contributed by atoms with Crippen LogP contribution >= 0.6 is 0 Å². The van der Waals surface area contributed by atoms with Crippen molar-refractivity contribution in [2.45, 2.75) is 12.5 Å². The zero-order valence-corrected chi connectivity index (χ0v) is 8.15. The van der Waals surface area contributed by atoms with Crippen molar-refractivity contribution in [1.82, 2.24) is 0 Å². The van der Waals surface area contributed by atoms with Gasteiger partial charge in [-0.3, -0.25) is 0 Å². The van der Waals surface area contributed by atoms with Gasteiger partial charge in [0.25, 0.3) is 0 Å². The van der Waals surface area contributed by atoms with Gasteiger partial charge in [0.1, 0.15) is 6.10 Å². The molecule has 1 aromatic rings. The highest BCUT2D eigenvalue weighted by Gasteiger charge is 2.06. The maximum absolute atomic E-state index is 5.51. The van der Waals surface area contributed by atoms with Crippen LogP contribution in [0.2, 0.25) is 0 Å². The number of hydrogen-bond donors (Lipinski definition) is 0. The van der Waals surface area contributed by atoms with Gasteiger partial charge in [0, 0.05) is 0 Å². The molecule has 0 aliphatic rings. The first-order valence-electron chi connectivity index (χ1n) is 4.62. The highest BCUT2D eigenvalue weighted by molar-refractivity contribution is 5.23. The molecule has 0 saturated carbocycles. The summed E-state index contributed by atoms with van der Waals surface area (Å²) in [5.41, 5.74) is 1.03. The molecule has 0 aliphatic carbocycles. The van der Waals surface area contributed by atoms with Gasteiger partial charge in [0.05, 0.1) is 6.61 Å². The Bertz CT molecular complexity index is 308. The molecule has 0 radical (unpaired) electrons. The fourth-order valence-corrected chi connectivity index (χ4v) is 1.14. The second-order valence-corrected chi connectivity index (χ2v) is 2.91. The molecule has 0 aliphatic heterocycles. The molecule has 14 heavy (non-hydrogen) atoms. The van der Waals surface area contributed by atoms with E-state index in [0.29, 0.717) is 6.61 Å². The monoisotopic (exact) mass is 186 g/mol. The van der Waals surface area contributed by atoms with E-state index >= 15 is 0 Å². The summed E-state index contributed by atoms with van der Waals surface area (Å²) in [5.74, 6) is 2.62. The molecular formula is C13H14O. The average Bonchev–Trinajstić information content (AvgIpc) is 2.26. The molecule has 0 fully saturated rings. The van der Waals surface area contributed by atoms with Crippen LogP contribution in [-0.2, 0) is 4.74 Å². The average molecular weight is 186 g/mol. The summed E-state index contributed by atoms with van der Waals surface area (Å²) in [5, 5.41) is 0. The van der Waals surface area contributed by atoms with Crippen molar-refractivity contribution in [3.8, 4) is 12.3 Å². The van der Waals surface area contributed by atoms with Gasteiger partial charge in [-0.1, -0.05) is 42.3 Å². The Labute approximate surface area is 85.4 Å². The van der Waals surface area contributed by atoms with E-state index in [2.05, 4.69) is 12.5 Å². The van der Waals surface area contributed by atoms with Crippen LogP contribution in [-0.4, -0.2) is 6.61 Å². The lowest BCUT2D eigenvalue weighted by atomic mass is 10.1. The largest absolute Gasteiger partial charge is 0.361 e. The van der Waals surface area contributed by atoms with Crippen molar-refractivity contribution in [2.24, 2.45) is 0 Å². The number of hydrogen-bond acceptors (Lipinski definition) is 1. The van der Waals surface area contributed by atoms with Gasteiger partial charge in [-0.05, 0) is 12.0 Å². The van der Waals surface area contributed by atoms with Gasteiger partial charge in [0.2, 0.25) is 0 Å². The third kappa shape index (κ3) is 3.08. The summed E-state index contributed by atoms with van der Waals surface area (Å²) < 4.78 is 5.51. The summed E-state index contributed by atoms with van der Waals surface area (Å²) in [4.78, 5) is 0. The normalized spacial score (nSPS) is 11.6. The first kappa shape index (κ1) is 10.6. The van der Waals surface area contributed by atoms with E-state index < -0.39 is 0 Å². The molecular weight excluding hydrogens is 172 g/mol. The molecule has 0 amide bonds. The summed E-state index contributed by atoms with van der Waals surface area (Å²) in [6, 6.07) is 9.81. The van der Waals surface area contributed by atoms with E-state index in [0.717, 1.165) is 12.0 Å². The Morgan fingerprint density at radius 3 is 2.71 bits per heavy atom. The zero-order chi connectivity index (χ0) is 10.2. The second kappa shape index (κ2) is 6.01. The van der Waals surface area contributed by atoms with Crippen molar-refractivity contribution < 1.29 is 4.74 Å². The van der Waals surface area contributed by atoms with Crippen molar-refractivity contribution in [1.29, 1.82) is 0 Å². The van der Waals surface area contributed by atoms with Crippen LogP contribution < -0.4 is 0 Å². The number of terminal acetylenes is 1. The molecule has 72 valence electrons. The van der Waals surface area contributed by atoms with Crippen LogP contribution in [0.15, 0.2) is 43.0 Å². The molecule has 1 atom stereocenters. The predicted octanol–water partition coefficient (Wildman–Crippen LogP) is 2.95. The minimum absolute atomic E-state index is 0.240. The lowest BCUT2D eigenvalue weighted by Crippen LogP contribution is -2.02. The Morgan fingerprint density at radius 1 is 1.43 bits per heavy atom. The van der Waals surface area contributed by atoms with Crippen LogP contribution in [0.1, 0.15) is 18.1 Å². The second-order valence-electron chi connectivity index (χ2n) is 2.91. The lowest BCUT2D eigenvalue weighted by molar-refractivity contribution is 0.0958. The number of rotatable bonds is 5. The summed E-state index contributed by atoms with van der Waals surface area (Å²) in [6.07, 6.45) is 7.79. The predicted molar refractivity (Wildman–Crippen MR) is 58.8 cm³/mol. The molecule has 0 aromatic heterocycles. The lowest BCUT2D eigenvalue weighted by Gasteiger charge is -2.11. The molecule has 0 bridgehead atoms. The Hall–Kier alpha value is -1.52. The summed E-state index contributed by atoms with van der Waals surface area (Å²) in [7, 11) is 0. The van der Waals surface area contributed by atoms with Gasteiger partial charge in [-0.2, -0.15) is 0 Å². The maximum atomic E-state index is 5.51. The molecule has 0 saturated heterocycles. The molecule has 1 aromatic carbocycles. The first-order chi connectivity index (χ1) is 6.88. The van der Waals surface area contributed by atoms with Gasteiger partial charge in [-0.15, -0.1) is 13.0 Å². The van der Waals surface area contributed by atoms with E-state index in [9.17, 15) is 0 Å². The fourth-order valence-electron chi connectivity index (χ4n) is 1.14. The highest BCUT2D eigenvalue weighted by atomic mass is 16.5. The van der Waals surface area contributed by atoms with Crippen molar-refractivity contribution >= 4 is 0 Å². The first-order valence-corrected chi connectivity index (χ1v) is 4.62. The molecule has 1 rings (SSSR count).